The molecule has 0 saturated heterocycles. The molecule has 3 heteroatoms. The molecule has 122 valence electrons. The summed E-state index contributed by atoms with van der Waals surface area (Å²) in [6.07, 6.45) is 8.83. The summed E-state index contributed by atoms with van der Waals surface area (Å²) in [5.41, 5.74) is 1.19. The molecule has 2 fully saturated rings. The van der Waals surface area contributed by atoms with Crippen LogP contribution in [0, 0.1) is 22.7 Å². The standard InChI is InChI=1S/C19H28O3/c1-13-7-9-19(3)15(5-4-6-16(19)20)18(13,2)10-8-14-11-17(21)22-12-14/h11,13,15H,4-10,12H2,1-3H3/t13-,15-,18+,19-/m1/s1. The Morgan fingerprint density at radius 2 is 2.05 bits per heavy atom. The predicted octanol–water partition coefficient (Wildman–Crippen LogP) is 4.06. The van der Waals surface area contributed by atoms with Crippen molar-refractivity contribution >= 4 is 11.8 Å². The largest absolute Gasteiger partial charge is 0.458 e. The second kappa shape index (κ2) is 5.50. The highest BCUT2D eigenvalue weighted by Crippen LogP contribution is 2.60. The van der Waals surface area contributed by atoms with Crippen LogP contribution in [-0.2, 0) is 14.3 Å². The Kier molecular flexibility index (Phi) is 3.94. The van der Waals surface area contributed by atoms with E-state index in [1.54, 1.807) is 6.08 Å². The number of ketones is 1. The zero-order chi connectivity index (χ0) is 16.0. The average molecular weight is 304 g/mol. The molecule has 0 spiro atoms. The van der Waals surface area contributed by atoms with Gasteiger partial charge in [0.2, 0.25) is 0 Å². The topological polar surface area (TPSA) is 43.4 Å². The molecule has 0 aromatic rings. The van der Waals surface area contributed by atoms with Crippen molar-refractivity contribution in [1.82, 2.24) is 0 Å². The van der Waals surface area contributed by atoms with Gasteiger partial charge in [0.15, 0.2) is 0 Å². The first-order chi connectivity index (χ1) is 10.4. The van der Waals surface area contributed by atoms with Gasteiger partial charge in [0, 0.05) is 17.9 Å². The molecule has 0 amide bonds. The van der Waals surface area contributed by atoms with Gasteiger partial charge in [-0.25, -0.2) is 4.79 Å². The fourth-order valence-corrected chi connectivity index (χ4v) is 5.23. The molecular weight excluding hydrogens is 276 g/mol. The Labute approximate surface area is 133 Å². The molecular formula is C19H28O3. The van der Waals surface area contributed by atoms with Crippen LogP contribution < -0.4 is 0 Å². The molecule has 22 heavy (non-hydrogen) atoms. The van der Waals surface area contributed by atoms with Crippen molar-refractivity contribution in [2.75, 3.05) is 6.61 Å². The highest BCUT2D eigenvalue weighted by Gasteiger charge is 2.55. The lowest BCUT2D eigenvalue weighted by molar-refractivity contribution is -0.149. The summed E-state index contributed by atoms with van der Waals surface area (Å²) in [4.78, 5) is 23.8. The van der Waals surface area contributed by atoms with Crippen molar-refractivity contribution in [2.45, 2.75) is 65.7 Å². The number of Topliss-reactive ketones (excluding diaryl/α,β-unsaturated/α-hetero) is 1. The highest BCUT2D eigenvalue weighted by atomic mass is 16.5. The summed E-state index contributed by atoms with van der Waals surface area (Å²) >= 11 is 0. The maximum absolute atomic E-state index is 12.6. The molecule has 3 rings (SSSR count). The normalized spacial score (nSPS) is 41.9. The fourth-order valence-electron chi connectivity index (χ4n) is 5.23. The molecule has 0 unspecified atom stereocenters. The second-order valence-electron chi connectivity index (χ2n) is 8.14. The third-order valence-corrected chi connectivity index (χ3v) is 7.03. The molecule has 0 N–H and O–H groups in total. The maximum atomic E-state index is 12.6. The van der Waals surface area contributed by atoms with Gasteiger partial charge in [-0.05, 0) is 61.3 Å². The summed E-state index contributed by atoms with van der Waals surface area (Å²) in [5, 5.41) is 0. The molecule has 0 bridgehead atoms. The van der Waals surface area contributed by atoms with Gasteiger partial charge >= 0.3 is 5.97 Å². The minimum Gasteiger partial charge on any atom is -0.458 e. The molecule has 1 aliphatic heterocycles. The smallest absolute Gasteiger partial charge is 0.331 e. The maximum Gasteiger partial charge on any atom is 0.331 e. The van der Waals surface area contributed by atoms with E-state index in [1.807, 2.05) is 0 Å². The molecule has 0 aromatic carbocycles. The fraction of sp³-hybridized carbons (Fsp3) is 0.789. The Balaban J connectivity index is 1.80. The van der Waals surface area contributed by atoms with Crippen molar-refractivity contribution in [1.29, 1.82) is 0 Å². The monoisotopic (exact) mass is 304 g/mol. The van der Waals surface area contributed by atoms with Crippen LogP contribution in [0.25, 0.3) is 0 Å². The Morgan fingerprint density at radius 1 is 1.27 bits per heavy atom. The number of hydrogen-bond donors (Lipinski definition) is 0. The number of cyclic esters (lactones) is 1. The zero-order valence-electron chi connectivity index (χ0n) is 14.1. The predicted molar refractivity (Wildman–Crippen MR) is 85.2 cm³/mol. The van der Waals surface area contributed by atoms with Crippen LogP contribution in [0.1, 0.15) is 65.7 Å². The van der Waals surface area contributed by atoms with E-state index in [0.717, 1.165) is 44.1 Å². The van der Waals surface area contributed by atoms with Gasteiger partial charge in [-0.2, -0.15) is 0 Å². The van der Waals surface area contributed by atoms with Crippen LogP contribution in [0.2, 0.25) is 0 Å². The first kappa shape index (κ1) is 15.8. The van der Waals surface area contributed by atoms with Gasteiger partial charge in [0.25, 0.3) is 0 Å². The van der Waals surface area contributed by atoms with Gasteiger partial charge in [0.1, 0.15) is 12.4 Å². The third-order valence-electron chi connectivity index (χ3n) is 7.03. The van der Waals surface area contributed by atoms with Crippen molar-refractivity contribution in [3.63, 3.8) is 0 Å². The molecule has 0 radical (unpaired) electrons. The summed E-state index contributed by atoms with van der Waals surface area (Å²) in [6, 6.07) is 0. The first-order valence-electron chi connectivity index (χ1n) is 8.76. The quantitative estimate of drug-likeness (QED) is 0.738. The summed E-state index contributed by atoms with van der Waals surface area (Å²) in [6.45, 7) is 7.41. The minimum atomic E-state index is -0.200. The third kappa shape index (κ3) is 2.43. The van der Waals surface area contributed by atoms with E-state index in [9.17, 15) is 9.59 Å². The van der Waals surface area contributed by atoms with E-state index in [2.05, 4.69) is 20.8 Å². The second-order valence-corrected chi connectivity index (χ2v) is 8.14. The lowest BCUT2D eigenvalue weighted by Crippen LogP contribution is -2.53. The summed E-state index contributed by atoms with van der Waals surface area (Å²) in [7, 11) is 0. The van der Waals surface area contributed by atoms with Crippen LogP contribution in [0.4, 0.5) is 0 Å². The van der Waals surface area contributed by atoms with E-state index < -0.39 is 0 Å². The van der Waals surface area contributed by atoms with Gasteiger partial charge in [-0.15, -0.1) is 0 Å². The first-order valence-corrected chi connectivity index (χ1v) is 8.76. The summed E-state index contributed by atoms with van der Waals surface area (Å²) < 4.78 is 5.02. The van der Waals surface area contributed by atoms with E-state index in [4.69, 9.17) is 4.74 Å². The van der Waals surface area contributed by atoms with Gasteiger partial charge < -0.3 is 4.74 Å². The van der Waals surface area contributed by atoms with E-state index >= 15 is 0 Å². The molecule has 0 aromatic heterocycles. The van der Waals surface area contributed by atoms with Crippen LogP contribution in [0.15, 0.2) is 11.6 Å². The van der Waals surface area contributed by atoms with Crippen molar-refractivity contribution in [2.24, 2.45) is 22.7 Å². The number of carbonyl (C=O) groups excluding carboxylic acids is 2. The van der Waals surface area contributed by atoms with Crippen molar-refractivity contribution < 1.29 is 14.3 Å². The van der Waals surface area contributed by atoms with E-state index in [0.29, 0.717) is 24.2 Å². The zero-order valence-corrected chi connectivity index (χ0v) is 14.1. The molecule has 2 aliphatic carbocycles. The number of fused-ring (bicyclic) bond motifs is 1. The van der Waals surface area contributed by atoms with E-state index in [-0.39, 0.29) is 16.8 Å². The molecule has 4 atom stereocenters. The van der Waals surface area contributed by atoms with E-state index in [1.165, 1.54) is 6.42 Å². The average Bonchev–Trinajstić information content (AvgIpc) is 2.90. The molecule has 2 saturated carbocycles. The van der Waals surface area contributed by atoms with Crippen molar-refractivity contribution in [3.05, 3.63) is 11.6 Å². The number of esters is 1. The van der Waals surface area contributed by atoms with Crippen LogP contribution >= 0.6 is 0 Å². The van der Waals surface area contributed by atoms with Gasteiger partial charge in [-0.1, -0.05) is 20.8 Å². The lowest BCUT2D eigenvalue weighted by atomic mass is 9.47. The summed E-state index contributed by atoms with van der Waals surface area (Å²) in [5.74, 6) is 1.41. The SMILES string of the molecule is C[C@@H]1CC[C@@]2(C)C(=O)CCC[C@@H]2[C@@]1(C)CCC1=CC(=O)OC1. The highest BCUT2D eigenvalue weighted by molar-refractivity contribution is 5.86. The van der Waals surface area contributed by atoms with Gasteiger partial charge in [0.05, 0.1) is 0 Å². The number of rotatable bonds is 3. The number of hydrogen-bond acceptors (Lipinski definition) is 3. The minimum absolute atomic E-state index is 0.115. The molecule has 3 nitrogen and oxygen atoms in total. The molecule has 1 heterocycles. The Bertz CT molecular complexity index is 521. The molecule has 3 aliphatic rings. The Morgan fingerprint density at radius 3 is 2.73 bits per heavy atom. The number of carbonyl (C=O) groups is 2. The Hall–Kier alpha value is -1.12. The van der Waals surface area contributed by atoms with Gasteiger partial charge in [-0.3, -0.25) is 4.79 Å². The van der Waals surface area contributed by atoms with Crippen LogP contribution in [0.5, 0.6) is 0 Å². The van der Waals surface area contributed by atoms with Crippen LogP contribution in [-0.4, -0.2) is 18.4 Å². The lowest BCUT2D eigenvalue weighted by Gasteiger charge is -2.57. The van der Waals surface area contributed by atoms with Crippen LogP contribution in [0.3, 0.4) is 0 Å². The number of ether oxygens (including phenoxy) is 1. The van der Waals surface area contributed by atoms with Crippen molar-refractivity contribution in [3.8, 4) is 0 Å².